The molecule has 1 atom stereocenters. The van der Waals surface area contributed by atoms with Crippen molar-refractivity contribution in [2.45, 2.75) is 12.5 Å². The van der Waals surface area contributed by atoms with Gasteiger partial charge in [-0.25, -0.2) is 0 Å². The van der Waals surface area contributed by atoms with Gasteiger partial charge in [0.25, 0.3) is 0 Å². The number of carbonyl (C=O) groups excluding carboxylic acids is 1. The minimum atomic E-state index is -1.26. The van der Waals surface area contributed by atoms with Crippen LogP contribution in [-0.2, 0) is 4.79 Å². The third kappa shape index (κ3) is 9.48. The first-order chi connectivity index (χ1) is 15.0. The summed E-state index contributed by atoms with van der Waals surface area (Å²) in [5.74, 6) is -1.14. The number of carbonyl (C=O) groups is 1. The predicted molar refractivity (Wildman–Crippen MR) is 125 cm³/mol. The molecular weight excluding hydrogens is 517 g/mol. The molecule has 0 unspecified atom stereocenters. The molecule has 0 saturated carbocycles. The molecule has 0 fully saturated rings. The second kappa shape index (κ2) is 13.8. The summed E-state index contributed by atoms with van der Waals surface area (Å²) >= 11 is 0.997. The van der Waals surface area contributed by atoms with E-state index < -0.39 is 38.9 Å². The molecule has 3 aromatic rings. The Hall–Kier alpha value is -2.45. The number of carboxylic acids is 1. The van der Waals surface area contributed by atoms with Crippen molar-refractivity contribution in [3.05, 3.63) is 84.4 Å². The number of benzene rings is 3. The van der Waals surface area contributed by atoms with Gasteiger partial charge in [0.1, 0.15) is 5.75 Å². The first-order valence-electron chi connectivity index (χ1n) is 9.59. The second-order valence-corrected chi connectivity index (χ2v) is 11.5. The molecule has 0 aliphatic heterocycles. The Kier molecular flexibility index (Phi) is 11.0. The molecule has 5 nitrogen and oxygen atoms in total. The summed E-state index contributed by atoms with van der Waals surface area (Å²) in [6.45, 7) is 0. The Labute approximate surface area is 197 Å². The molecule has 0 aliphatic carbocycles. The van der Waals surface area contributed by atoms with E-state index in [4.69, 9.17) is 5.11 Å². The summed E-state index contributed by atoms with van der Waals surface area (Å²) in [4.78, 5) is 14.7. The van der Waals surface area contributed by atoms with Gasteiger partial charge in [0.15, 0.2) is 0 Å². The van der Waals surface area contributed by atoms with E-state index in [1.54, 1.807) is 0 Å². The molecule has 0 heterocycles. The van der Waals surface area contributed by atoms with Crippen molar-refractivity contribution in [2.24, 2.45) is 4.99 Å². The molecule has 7 heteroatoms. The Bertz CT molecular complexity index is 930. The van der Waals surface area contributed by atoms with Crippen molar-refractivity contribution in [2.75, 3.05) is 12.0 Å². The number of nitrogens with zero attached hydrogens (tertiary/aromatic N) is 1. The van der Waals surface area contributed by atoms with E-state index in [0.29, 0.717) is 12.2 Å². The Morgan fingerprint density at radius 1 is 1.06 bits per heavy atom. The number of aliphatic carboxylic acids is 1. The number of phenolic OH excluding ortho intramolecular Hbond substituents is 1. The summed E-state index contributed by atoms with van der Waals surface area (Å²) in [7, 11) is 0. The zero-order valence-electron chi connectivity index (χ0n) is 17.1. The van der Waals surface area contributed by atoms with Crippen LogP contribution in [0.2, 0.25) is 0 Å². The maximum atomic E-state index is 11.4. The van der Waals surface area contributed by atoms with E-state index >= 15 is 0 Å². The van der Waals surface area contributed by atoms with Gasteiger partial charge in [0.05, 0.1) is 12.0 Å². The van der Waals surface area contributed by atoms with Gasteiger partial charge in [0.2, 0.25) is 0 Å². The van der Waals surface area contributed by atoms with Gasteiger partial charge in [-0.2, -0.15) is 11.8 Å². The number of rotatable bonds is 8. The Morgan fingerprint density at radius 3 is 2.13 bits per heavy atom. The molecule has 0 saturated heterocycles. The molecule has 0 aliphatic rings. The van der Waals surface area contributed by atoms with E-state index in [1.807, 2.05) is 6.26 Å². The van der Waals surface area contributed by atoms with Crippen molar-refractivity contribution in [3.63, 3.8) is 0 Å². The third-order valence-electron chi connectivity index (χ3n) is 4.09. The van der Waals surface area contributed by atoms with E-state index in [1.165, 1.54) is 37.3 Å². The van der Waals surface area contributed by atoms with Gasteiger partial charge in [-0.1, -0.05) is 11.8 Å². The SMILES string of the molecule is CSCC[C@H](N=Cc1ccc(O)cc1[O-])C(=O)[O-].c1cc[c]([Sn+2][c]2ccccc2)cc1. The number of aliphatic imine (C=N–C) groups is 1. The van der Waals surface area contributed by atoms with Gasteiger partial charge < -0.3 is 20.1 Å². The van der Waals surface area contributed by atoms with Gasteiger partial charge >= 0.3 is 89.0 Å². The van der Waals surface area contributed by atoms with E-state index in [-0.39, 0.29) is 11.3 Å². The number of carboxylic acid groups (broad SMARTS) is 1. The van der Waals surface area contributed by atoms with Crippen LogP contribution in [0.1, 0.15) is 12.0 Å². The fourth-order valence-corrected chi connectivity index (χ4v) is 5.95. The predicted octanol–water partition coefficient (Wildman–Crippen LogP) is 1.10. The molecule has 0 aromatic heterocycles. The van der Waals surface area contributed by atoms with Crippen LogP contribution < -0.4 is 17.4 Å². The second-order valence-electron chi connectivity index (χ2n) is 6.47. The van der Waals surface area contributed by atoms with Crippen LogP contribution in [0.15, 0.2) is 83.9 Å². The maximum absolute atomic E-state index is 11.4. The van der Waals surface area contributed by atoms with E-state index in [9.17, 15) is 15.0 Å². The summed E-state index contributed by atoms with van der Waals surface area (Å²) in [5.41, 5.74) is 0.239. The normalized spacial score (nSPS) is 11.3. The van der Waals surface area contributed by atoms with E-state index in [0.717, 1.165) is 6.07 Å². The Morgan fingerprint density at radius 2 is 1.65 bits per heavy atom. The van der Waals surface area contributed by atoms with Crippen molar-refractivity contribution in [1.29, 1.82) is 0 Å². The van der Waals surface area contributed by atoms with Crippen LogP contribution in [0.5, 0.6) is 11.5 Å². The number of hydrogen-bond acceptors (Lipinski definition) is 6. The van der Waals surface area contributed by atoms with Crippen LogP contribution in [-0.4, -0.2) is 56.5 Å². The average molecular weight is 540 g/mol. The van der Waals surface area contributed by atoms with Crippen LogP contribution in [0, 0.1) is 0 Å². The standard InChI is InChI=1S/C12H15NO4S.2C6H5.Sn/c1-18-5-4-10(12(16)17)13-7-8-2-3-9(14)6-11(8)15;2*1-2-4-6-5-3-1;/h2-3,6-7,10,14-15H,4-5H2,1H3,(H,16,17);2*1-5H;/q;;;+2/p-2/t10-;;;/m0.../s1. The van der Waals surface area contributed by atoms with Crippen LogP contribution in [0.4, 0.5) is 0 Å². The van der Waals surface area contributed by atoms with Crippen molar-refractivity contribution in [3.8, 4) is 11.5 Å². The zero-order valence-corrected chi connectivity index (χ0v) is 20.8. The quantitative estimate of drug-likeness (QED) is 0.341. The summed E-state index contributed by atoms with van der Waals surface area (Å²) < 4.78 is 3.08. The van der Waals surface area contributed by atoms with Crippen molar-refractivity contribution in [1.82, 2.24) is 0 Å². The summed E-state index contributed by atoms with van der Waals surface area (Å²) in [6, 6.07) is 24.4. The van der Waals surface area contributed by atoms with Gasteiger partial charge in [-0.05, 0) is 36.1 Å². The zero-order chi connectivity index (χ0) is 22.5. The molecule has 0 amide bonds. The van der Waals surface area contributed by atoms with Crippen molar-refractivity contribution < 1.29 is 20.1 Å². The van der Waals surface area contributed by atoms with Gasteiger partial charge in [-0.15, -0.1) is 0 Å². The molecule has 31 heavy (non-hydrogen) atoms. The average Bonchev–Trinajstić information content (AvgIpc) is 2.77. The molecule has 3 rings (SSSR count). The monoisotopic (exact) mass is 541 g/mol. The number of aromatic hydroxyl groups is 1. The molecule has 0 radical (unpaired) electrons. The van der Waals surface area contributed by atoms with Gasteiger partial charge in [-0.3, -0.25) is 4.99 Å². The number of phenols is 1. The number of thioether (sulfide) groups is 1. The molecular formula is C24H23NO4SSn. The van der Waals surface area contributed by atoms with Crippen LogP contribution in [0.3, 0.4) is 0 Å². The fourth-order valence-electron chi connectivity index (χ4n) is 2.49. The van der Waals surface area contributed by atoms with Gasteiger partial charge in [0, 0.05) is 6.21 Å². The van der Waals surface area contributed by atoms with E-state index in [2.05, 4.69) is 65.7 Å². The third-order valence-corrected chi connectivity index (χ3v) is 8.29. The first-order valence-corrected chi connectivity index (χ1v) is 13.8. The topological polar surface area (TPSA) is 95.8 Å². The molecule has 3 aromatic carbocycles. The number of hydrogen-bond donors (Lipinski definition) is 1. The minimum absolute atomic E-state index is 0.129. The molecule has 158 valence electrons. The fraction of sp³-hybridized carbons (Fsp3) is 0.167. The van der Waals surface area contributed by atoms with Crippen LogP contribution >= 0.6 is 11.8 Å². The summed E-state index contributed by atoms with van der Waals surface area (Å²) in [6.07, 6.45) is 3.43. The molecule has 0 bridgehead atoms. The van der Waals surface area contributed by atoms with Crippen LogP contribution in [0.25, 0.3) is 0 Å². The first kappa shape index (κ1) is 24.8. The molecule has 0 spiro atoms. The molecule has 1 N–H and O–H groups in total. The Balaban J connectivity index is 0.000000231. The summed E-state index contributed by atoms with van der Waals surface area (Å²) in [5, 5.41) is 31.3. The van der Waals surface area contributed by atoms with Crippen molar-refractivity contribution >= 4 is 52.2 Å².